The summed E-state index contributed by atoms with van der Waals surface area (Å²) in [5.41, 5.74) is 1.27. The molecule has 6 heteroatoms. The molecule has 2 rings (SSSR count). The minimum absolute atomic E-state index is 0.00470. The summed E-state index contributed by atoms with van der Waals surface area (Å²) in [4.78, 5) is 14.5. The molecule has 0 unspecified atom stereocenters. The van der Waals surface area contributed by atoms with E-state index in [4.69, 9.17) is 0 Å². The third kappa shape index (κ3) is 6.71. The van der Waals surface area contributed by atoms with Gasteiger partial charge in [0, 0.05) is 18.4 Å². The second kappa shape index (κ2) is 8.45. The predicted octanol–water partition coefficient (Wildman–Crippen LogP) is 1.84. The number of hydrogen-bond acceptors (Lipinski definition) is 4. The summed E-state index contributed by atoms with van der Waals surface area (Å²) in [7, 11) is -3.04. The standard InChI is InChI=1S/C17H26N2O3S/c1-23(21,22)14-15-6-8-16(9-7-15)17(20)18-10-5-13-19-11-3-2-4-12-19/h6-9H,2-5,10-14H2,1H3,(H,18,20). The summed E-state index contributed by atoms with van der Waals surface area (Å²) in [5.74, 6) is -0.0976. The molecular formula is C17H26N2O3S. The van der Waals surface area contributed by atoms with Gasteiger partial charge >= 0.3 is 0 Å². The Morgan fingerprint density at radius 1 is 1.13 bits per heavy atom. The van der Waals surface area contributed by atoms with Crippen molar-refractivity contribution in [3.63, 3.8) is 0 Å². The van der Waals surface area contributed by atoms with Gasteiger partial charge in [-0.15, -0.1) is 0 Å². The maximum Gasteiger partial charge on any atom is 0.251 e. The summed E-state index contributed by atoms with van der Waals surface area (Å²) in [6, 6.07) is 6.76. The molecule has 0 saturated carbocycles. The number of rotatable bonds is 7. The van der Waals surface area contributed by atoms with Crippen LogP contribution in [0.5, 0.6) is 0 Å². The zero-order chi connectivity index (χ0) is 16.7. The highest BCUT2D eigenvalue weighted by molar-refractivity contribution is 7.89. The van der Waals surface area contributed by atoms with Crippen molar-refractivity contribution in [1.82, 2.24) is 10.2 Å². The number of carbonyl (C=O) groups excluding carboxylic acids is 1. The maximum atomic E-state index is 12.0. The number of nitrogens with zero attached hydrogens (tertiary/aromatic N) is 1. The molecule has 23 heavy (non-hydrogen) atoms. The Labute approximate surface area is 139 Å². The van der Waals surface area contributed by atoms with Gasteiger partial charge in [-0.2, -0.15) is 0 Å². The molecule has 0 spiro atoms. The molecule has 1 fully saturated rings. The monoisotopic (exact) mass is 338 g/mol. The largest absolute Gasteiger partial charge is 0.352 e. The van der Waals surface area contributed by atoms with Crippen LogP contribution in [0.2, 0.25) is 0 Å². The maximum absolute atomic E-state index is 12.0. The second-order valence-corrected chi connectivity index (χ2v) is 8.42. The molecule has 0 radical (unpaired) electrons. The first-order chi connectivity index (χ1) is 10.9. The number of likely N-dealkylation sites (tertiary alicyclic amines) is 1. The van der Waals surface area contributed by atoms with Gasteiger partial charge in [-0.1, -0.05) is 18.6 Å². The lowest BCUT2D eigenvalue weighted by Gasteiger charge is -2.26. The Bertz CT molecular complexity index is 605. The molecule has 1 heterocycles. The highest BCUT2D eigenvalue weighted by Gasteiger charge is 2.10. The van der Waals surface area contributed by atoms with Gasteiger partial charge in [0.25, 0.3) is 5.91 Å². The topological polar surface area (TPSA) is 66.5 Å². The first-order valence-electron chi connectivity index (χ1n) is 8.21. The molecule has 5 nitrogen and oxygen atoms in total. The Kier molecular flexibility index (Phi) is 6.59. The average molecular weight is 338 g/mol. The summed E-state index contributed by atoms with van der Waals surface area (Å²) < 4.78 is 22.5. The van der Waals surface area contributed by atoms with Crippen molar-refractivity contribution >= 4 is 15.7 Å². The Balaban J connectivity index is 1.72. The van der Waals surface area contributed by atoms with E-state index in [2.05, 4.69) is 10.2 Å². The molecule has 1 saturated heterocycles. The van der Waals surface area contributed by atoms with Gasteiger partial charge in [-0.25, -0.2) is 8.42 Å². The molecule has 0 aliphatic carbocycles. The number of benzene rings is 1. The molecule has 1 N–H and O–H groups in total. The van der Waals surface area contributed by atoms with E-state index in [-0.39, 0.29) is 11.7 Å². The van der Waals surface area contributed by atoms with Crippen LogP contribution >= 0.6 is 0 Å². The van der Waals surface area contributed by atoms with Gasteiger partial charge in [0.05, 0.1) is 5.75 Å². The lowest BCUT2D eigenvalue weighted by molar-refractivity contribution is 0.0951. The van der Waals surface area contributed by atoms with Crippen LogP contribution in [0.1, 0.15) is 41.6 Å². The lowest BCUT2D eigenvalue weighted by atomic mass is 10.1. The molecule has 1 aliphatic heterocycles. The zero-order valence-electron chi connectivity index (χ0n) is 13.8. The first kappa shape index (κ1) is 17.9. The van der Waals surface area contributed by atoms with E-state index in [0.717, 1.165) is 13.0 Å². The third-order valence-electron chi connectivity index (χ3n) is 4.03. The fourth-order valence-electron chi connectivity index (χ4n) is 2.84. The third-order valence-corrected chi connectivity index (χ3v) is 4.89. The molecule has 0 aromatic heterocycles. The summed E-state index contributed by atoms with van der Waals surface area (Å²) in [6.07, 6.45) is 6.06. The summed E-state index contributed by atoms with van der Waals surface area (Å²) >= 11 is 0. The van der Waals surface area contributed by atoms with Crippen LogP contribution in [0.25, 0.3) is 0 Å². The molecule has 1 amide bonds. The number of carbonyl (C=O) groups is 1. The molecule has 1 aromatic carbocycles. The molecule has 1 aliphatic rings. The van der Waals surface area contributed by atoms with E-state index in [9.17, 15) is 13.2 Å². The number of hydrogen-bond donors (Lipinski definition) is 1. The van der Waals surface area contributed by atoms with Gasteiger partial charge in [0.1, 0.15) is 0 Å². The van der Waals surface area contributed by atoms with Crippen LogP contribution < -0.4 is 5.32 Å². The van der Waals surface area contributed by atoms with Crippen LogP contribution in [-0.2, 0) is 15.6 Å². The van der Waals surface area contributed by atoms with Crippen LogP contribution in [0, 0.1) is 0 Å². The minimum Gasteiger partial charge on any atom is -0.352 e. The van der Waals surface area contributed by atoms with Crippen LogP contribution in [-0.4, -0.2) is 51.7 Å². The highest BCUT2D eigenvalue weighted by atomic mass is 32.2. The molecule has 128 valence electrons. The minimum atomic E-state index is -3.04. The summed E-state index contributed by atoms with van der Waals surface area (Å²) in [6.45, 7) is 4.06. The number of amides is 1. The van der Waals surface area contributed by atoms with Crippen molar-refractivity contribution in [3.8, 4) is 0 Å². The SMILES string of the molecule is CS(=O)(=O)Cc1ccc(C(=O)NCCCN2CCCCC2)cc1. The van der Waals surface area contributed by atoms with E-state index >= 15 is 0 Å². The smallest absolute Gasteiger partial charge is 0.251 e. The molecule has 0 bridgehead atoms. The van der Waals surface area contributed by atoms with E-state index in [1.165, 1.54) is 38.6 Å². The number of sulfone groups is 1. The van der Waals surface area contributed by atoms with Crippen LogP contribution in [0.15, 0.2) is 24.3 Å². The number of nitrogens with one attached hydrogen (secondary N) is 1. The normalized spacial score (nSPS) is 16.2. The second-order valence-electron chi connectivity index (χ2n) is 6.28. The van der Waals surface area contributed by atoms with Gasteiger partial charge in [-0.05, 0) is 56.6 Å². The van der Waals surface area contributed by atoms with Gasteiger partial charge in [0.15, 0.2) is 9.84 Å². The zero-order valence-corrected chi connectivity index (χ0v) is 14.6. The van der Waals surface area contributed by atoms with Gasteiger partial charge in [0.2, 0.25) is 0 Å². The van der Waals surface area contributed by atoms with E-state index in [0.29, 0.717) is 17.7 Å². The van der Waals surface area contributed by atoms with E-state index in [1.807, 2.05) is 0 Å². The predicted molar refractivity (Wildman–Crippen MR) is 92.2 cm³/mol. The molecule has 1 aromatic rings. The molecular weight excluding hydrogens is 312 g/mol. The first-order valence-corrected chi connectivity index (χ1v) is 10.3. The fraction of sp³-hybridized carbons (Fsp3) is 0.588. The van der Waals surface area contributed by atoms with E-state index in [1.54, 1.807) is 24.3 Å². The van der Waals surface area contributed by atoms with Crippen molar-refractivity contribution in [2.24, 2.45) is 0 Å². The van der Waals surface area contributed by atoms with Gasteiger partial charge in [-0.3, -0.25) is 4.79 Å². The van der Waals surface area contributed by atoms with Crippen molar-refractivity contribution in [1.29, 1.82) is 0 Å². The van der Waals surface area contributed by atoms with E-state index < -0.39 is 9.84 Å². The quantitative estimate of drug-likeness (QED) is 0.771. The Morgan fingerprint density at radius 3 is 2.39 bits per heavy atom. The highest BCUT2D eigenvalue weighted by Crippen LogP contribution is 2.09. The fourth-order valence-corrected chi connectivity index (χ4v) is 3.64. The average Bonchev–Trinajstić information content (AvgIpc) is 2.51. The number of piperidine rings is 1. The summed E-state index contributed by atoms with van der Waals surface area (Å²) in [5, 5.41) is 2.92. The van der Waals surface area contributed by atoms with Crippen LogP contribution in [0.4, 0.5) is 0 Å². The van der Waals surface area contributed by atoms with Gasteiger partial charge < -0.3 is 10.2 Å². The van der Waals surface area contributed by atoms with Crippen molar-refractivity contribution in [2.75, 3.05) is 32.4 Å². The van der Waals surface area contributed by atoms with Crippen molar-refractivity contribution in [2.45, 2.75) is 31.4 Å². The van der Waals surface area contributed by atoms with Crippen molar-refractivity contribution < 1.29 is 13.2 Å². The Morgan fingerprint density at radius 2 is 1.78 bits per heavy atom. The molecule has 0 atom stereocenters. The van der Waals surface area contributed by atoms with Crippen molar-refractivity contribution in [3.05, 3.63) is 35.4 Å². The van der Waals surface area contributed by atoms with Crippen LogP contribution in [0.3, 0.4) is 0 Å². The Hall–Kier alpha value is -1.40. The lowest BCUT2D eigenvalue weighted by Crippen LogP contribution is -2.33.